The van der Waals surface area contributed by atoms with Gasteiger partial charge < -0.3 is 0 Å². The highest BCUT2D eigenvalue weighted by Crippen LogP contribution is 2.11. The minimum Gasteiger partial charge on any atom is -0.176 e. The molecule has 0 bridgehead atoms. The molecule has 0 spiro atoms. The van der Waals surface area contributed by atoms with Crippen molar-refractivity contribution in [3.8, 4) is 0 Å². The van der Waals surface area contributed by atoms with E-state index in [2.05, 4.69) is 13.2 Å². The third-order valence-corrected chi connectivity index (χ3v) is 3.87. The van der Waals surface area contributed by atoms with Gasteiger partial charge in [0.15, 0.2) is 0 Å². The van der Waals surface area contributed by atoms with E-state index in [9.17, 15) is 8.42 Å². The first-order valence-electron chi connectivity index (χ1n) is 5.86. The zero-order valence-electron chi connectivity index (χ0n) is 10.8. The molecule has 4 nitrogen and oxygen atoms in total. The molecule has 2 rings (SSSR count). The molecule has 1 aromatic heterocycles. The van der Waals surface area contributed by atoms with Crippen molar-refractivity contribution < 1.29 is 17.4 Å². The highest BCUT2D eigenvalue weighted by atomic mass is 32.2. The number of aromatic nitrogens is 1. The first-order valence-corrected chi connectivity index (χ1v) is 7.27. The Morgan fingerprint density at radius 1 is 0.900 bits per heavy atom. The van der Waals surface area contributed by atoms with Crippen molar-refractivity contribution in [3.05, 3.63) is 73.1 Å². The molecule has 0 N–H and O–H groups in total. The van der Waals surface area contributed by atoms with Gasteiger partial charge in [-0.1, -0.05) is 37.4 Å². The van der Waals surface area contributed by atoms with Crippen LogP contribution >= 0.6 is 0 Å². The molecule has 0 atom stereocenters. The lowest BCUT2D eigenvalue weighted by Crippen LogP contribution is -2.45. The number of hydrogen-bond acceptors (Lipinski definition) is 3. The maximum atomic E-state index is 12.1. The fourth-order valence-corrected chi connectivity index (χ4v) is 2.42. The molecule has 0 radical (unpaired) electrons. The average molecular weight is 288 g/mol. The number of pyridine rings is 1. The van der Waals surface area contributed by atoms with Crippen molar-refractivity contribution in [2.75, 3.05) is 0 Å². The number of rotatable bonds is 5. The van der Waals surface area contributed by atoms with Crippen LogP contribution in [0, 0.1) is 0 Å². The number of nitrogens with zero attached hydrogens (tertiary/aromatic N) is 1. The van der Waals surface area contributed by atoms with Crippen LogP contribution in [0.15, 0.2) is 66.8 Å². The van der Waals surface area contributed by atoms with E-state index in [1.165, 1.54) is 24.5 Å². The van der Waals surface area contributed by atoms with Gasteiger partial charge >= 0.3 is 10.1 Å². The molecule has 0 aliphatic carbocycles. The SMILES string of the molecule is C=Cc1ccc(S(=O)(=O)O[n+]2ccc(C=C)cc2)cc1. The molecule has 5 heteroatoms. The van der Waals surface area contributed by atoms with Crippen LogP contribution in [0.3, 0.4) is 0 Å². The summed E-state index contributed by atoms with van der Waals surface area (Å²) in [6.07, 6.45) is 6.31. The molecule has 0 amide bonds. The molecule has 0 aliphatic heterocycles. The molecular formula is C15H14NO3S+. The van der Waals surface area contributed by atoms with E-state index in [4.69, 9.17) is 4.28 Å². The Kier molecular flexibility index (Phi) is 4.00. The van der Waals surface area contributed by atoms with E-state index in [1.807, 2.05) is 0 Å². The van der Waals surface area contributed by atoms with Crippen LogP contribution in [-0.2, 0) is 10.1 Å². The van der Waals surface area contributed by atoms with Crippen molar-refractivity contribution in [1.29, 1.82) is 0 Å². The van der Waals surface area contributed by atoms with Gasteiger partial charge in [-0.2, -0.15) is 8.42 Å². The van der Waals surface area contributed by atoms with Gasteiger partial charge in [-0.15, -0.1) is 4.28 Å². The molecule has 0 aliphatic rings. The summed E-state index contributed by atoms with van der Waals surface area (Å²) >= 11 is 0. The van der Waals surface area contributed by atoms with Gasteiger partial charge in [0.05, 0.1) is 0 Å². The van der Waals surface area contributed by atoms with Crippen LogP contribution in [0.4, 0.5) is 0 Å². The summed E-state index contributed by atoms with van der Waals surface area (Å²) in [6, 6.07) is 9.67. The largest absolute Gasteiger partial charge is 0.396 e. The second-order valence-corrected chi connectivity index (χ2v) is 5.53. The predicted octanol–water partition coefficient (Wildman–Crippen LogP) is 2.08. The quantitative estimate of drug-likeness (QED) is 0.791. The molecule has 0 saturated heterocycles. The smallest absolute Gasteiger partial charge is 0.176 e. The highest BCUT2D eigenvalue weighted by molar-refractivity contribution is 7.86. The summed E-state index contributed by atoms with van der Waals surface area (Å²) in [7, 11) is -3.86. The second kappa shape index (κ2) is 5.71. The van der Waals surface area contributed by atoms with E-state index in [-0.39, 0.29) is 4.90 Å². The summed E-state index contributed by atoms with van der Waals surface area (Å²) in [4.78, 5) is 0.0865. The minimum atomic E-state index is -3.86. The van der Waals surface area contributed by atoms with Gasteiger partial charge in [-0.05, 0) is 23.3 Å². The van der Waals surface area contributed by atoms with Crippen molar-refractivity contribution in [1.82, 2.24) is 0 Å². The molecule has 20 heavy (non-hydrogen) atoms. The van der Waals surface area contributed by atoms with Crippen molar-refractivity contribution >= 4 is 22.3 Å². The Morgan fingerprint density at radius 2 is 1.40 bits per heavy atom. The molecule has 102 valence electrons. The normalized spacial score (nSPS) is 10.8. The summed E-state index contributed by atoms with van der Waals surface area (Å²) < 4.78 is 30.3. The van der Waals surface area contributed by atoms with Gasteiger partial charge in [0.25, 0.3) is 0 Å². The fourth-order valence-electron chi connectivity index (χ4n) is 1.54. The number of benzene rings is 1. The Hall–Kier alpha value is -2.40. The molecule has 0 fully saturated rings. The summed E-state index contributed by atoms with van der Waals surface area (Å²) in [6.45, 7) is 7.24. The zero-order valence-corrected chi connectivity index (χ0v) is 11.6. The Labute approximate surface area is 118 Å². The van der Waals surface area contributed by atoms with E-state index in [1.54, 1.807) is 36.4 Å². The first-order chi connectivity index (χ1) is 9.55. The second-order valence-electron chi connectivity index (χ2n) is 4.00. The minimum absolute atomic E-state index is 0.0865. The van der Waals surface area contributed by atoms with Crippen LogP contribution in [0.2, 0.25) is 0 Å². The molecule has 1 heterocycles. The molecule has 0 saturated carbocycles. The lowest BCUT2D eigenvalue weighted by molar-refractivity contribution is -0.856. The van der Waals surface area contributed by atoms with Crippen LogP contribution in [-0.4, -0.2) is 8.42 Å². The molecule has 0 unspecified atom stereocenters. The molecule has 1 aromatic carbocycles. The van der Waals surface area contributed by atoms with E-state index >= 15 is 0 Å². The van der Waals surface area contributed by atoms with Crippen molar-refractivity contribution in [2.24, 2.45) is 0 Å². The summed E-state index contributed by atoms with van der Waals surface area (Å²) in [5, 5.41) is 0. The Balaban J connectivity index is 2.24. The highest BCUT2D eigenvalue weighted by Gasteiger charge is 2.21. The summed E-state index contributed by atoms with van der Waals surface area (Å²) in [5.41, 5.74) is 1.71. The van der Waals surface area contributed by atoms with E-state index in [0.717, 1.165) is 15.9 Å². The monoisotopic (exact) mass is 288 g/mol. The zero-order chi connectivity index (χ0) is 14.6. The summed E-state index contributed by atoms with van der Waals surface area (Å²) in [5.74, 6) is 0. The molecular weight excluding hydrogens is 274 g/mol. The Bertz CT molecular complexity index is 717. The fraction of sp³-hybridized carbons (Fsp3) is 0. The number of hydrogen-bond donors (Lipinski definition) is 0. The van der Waals surface area contributed by atoms with Crippen LogP contribution < -0.4 is 9.01 Å². The topological polar surface area (TPSA) is 47.3 Å². The van der Waals surface area contributed by atoms with Gasteiger partial charge in [0.2, 0.25) is 12.4 Å². The lowest BCUT2D eigenvalue weighted by Gasteiger charge is -2.01. The predicted molar refractivity (Wildman–Crippen MR) is 77.0 cm³/mol. The maximum Gasteiger partial charge on any atom is 0.396 e. The van der Waals surface area contributed by atoms with Gasteiger partial charge in [0, 0.05) is 16.9 Å². The van der Waals surface area contributed by atoms with E-state index in [0.29, 0.717) is 0 Å². The van der Waals surface area contributed by atoms with E-state index < -0.39 is 10.1 Å². The first kappa shape index (κ1) is 14.0. The van der Waals surface area contributed by atoms with Gasteiger partial charge in [-0.25, -0.2) is 0 Å². The third-order valence-electron chi connectivity index (χ3n) is 2.65. The molecule has 2 aromatic rings. The van der Waals surface area contributed by atoms with Gasteiger partial charge in [0.1, 0.15) is 4.90 Å². The van der Waals surface area contributed by atoms with Crippen LogP contribution in [0.25, 0.3) is 12.2 Å². The van der Waals surface area contributed by atoms with Crippen LogP contribution in [0.5, 0.6) is 0 Å². The Morgan fingerprint density at radius 3 is 1.90 bits per heavy atom. The van der Waals surface area contributed by atoms with Crippen LogP contribution in [0.1, 0.15) is 11.1 Å². The van der Waals surface area contributed by atoms with Crippen molar-refractivity contribution in [3.63, 3.8) is 0 Å². The average Bonchev–Trinajstić information content (AvgIpc) is 2.48. The maximum absolute atomic E-state index is 12.1. The standard InChI is InChI=1S/C15H14NO3S/c1-3-13-5-7-15(8-6-13)20(17,18)19-16-11-9-14(4-2)10-12-16/h3-12H,1-2H2/q+1. The van der Waals surface area contributed by atoms with Gasteiger partial charge in [-0.3, -0.25) is 0 Å². The lowest BCUT2D eigenvalue weighted by atomic mass is 10.2. The van der Waals surface area contributed by atoms with Crippen molar-refractivity contribution in [2.45, 2.75) is 4.90 Å². The third kappa shape index (κ3) is 3.13.